The summed E-state index contributed by atoms with van der Waals surface area (Å²) in [4.78, 5) is 78.0. The van der Waals surface area contributed by atoms with Crippen LogP contribution in [0.15, 0.2) is 91.0 Å². The normalized spacial score (nSPS) is 18.9. The maximum atomic E-state index is 13.0. The van der Waals surface area contributed by atoms with Crippen molar-refractivity contribution in [3.63, 3.8) is 0 Å². The first kappa shape index (κ1) is 32.4. The second kappa shape index (κ2) is 16.4. The number of carbonyl (C=O) groups excluding carboxylic acids is 6. The number of rotatable bonds is 9. The van der Waals surface area contributed by atoms with Gasteiger partial charge in [-0.15, -0.1) is 0 Å². The van der Waals surface area contributed by atoms with E-state index in [1.54, 1.807) is 91.0 Å². The Labute approximate surface area is 259 Å². The summed E-state index contributed by atoms with van der Waals surface area (Å²) in [6, 6.07) is 22.0. The van der Waals surface area contributed by atoms with Gasteiger partial charge in [-0.05, 0) is 16.7 Å². The van der Waals surface area contributed by atoms with Gasteiger partial charge in [-0.3, -0.25) is 14.4 Å². The van der Waals surface area contributed by atoms with E-state index in [0.717, 1.165) is 0 Å². The molecule has 1 aliphatic rings. The summed E-state index contributed by atoms with van der Waals surface area (Å²) >= 11 is 0. The Kier molecular flexibility index (Phi) is 11.8. The SMILES string of the molecule is O=C1C[C@@H](C(=O)OCc2ccccc2)NC(=O)C[C@@H](C(=O)OCc2ccccc2)NC(=O)C[C@@H](C(=O)OCc2ccccc2)N1. The van der Waals surface area contributed by atoms with Gasteiger partial charge in [0.05, 0.1) is 19.3 Å². The lowest BCUT2D eigenvalue weighted by molar-refractivity contribution is -0.154. The minimum Gasteiger partial charge on any atom is -0.459 e. The predicted octanol–water partition coefficient (Wildman–Crippen LogP) is 1.85. The highest BCUT2D eigenvalue weighted by Crippen LogP contribution is 2.10. The lowest BCUT2D eigenvalue weighted by Crippen LogP contribution is -2.53. The van der Waals surface area contributed by atoms with Gasteiger partial charge in [-0.1, -0.05) is 91.0 Å². The molecule has 0 aromatic heterocycles. The minimum atomic E-state index is -1.46. The van der Waals surface area contributed by atoms with Crippen LogP contribution in [-0.4, -0.2) is 53.8 Å². The molecule has 1 heterocycles. The average Bonchev–Trinajstić information content (AvgIpc) is 3.05. The first-order chi connectivity index (χ1) is 21.8. The molecule has 45 heavy (non-hydrogen) atoms. The van der Waals surface area contributed by atoms with Crippen LogP contribution < -0.4 is 16.0 Å². The van der Waals surface area contributed by atoms with Gasteiger partial charge in [-0.25, -0.2) is 14.4 Å². The fourth-order valence-electron chi connectivity index (χ4n) is 4.38. The number of carbonyl (C=O) groups is 6. The van der Waals surface area contributed by atoms with Gasteiger partial charge in [0, 0.05) is 0 Å². The van der Waals surface area contributed by atoms with E-state index in [9.17, 15) is 28.8 Å². The molecule has 3 aromatic rings. The van der Waals surface area contributed by atoms with Crippen molar-refractivity contribution >= 4 is 35.6 Å². The topological polar surface area (TPSA) is 166 Å². The van der Waals surface area contributed by atoms with Crippen molar-refractivity contribution in [2.45, 2.75) is 57.2 Å². The van der Waals surface area contributed by atoms with E-state index in [-0.39, 0.29) is 19.8 Å². The fraction of sp³-hybridized carbons (Fsp3) is 0.273. The van der Waals surface area contributed by atoms with Gasteiger partial charge in [0.25, 0.3) is 0 Å². The Morgan fingerprint density at radius 2 is 0.711 bits per heavy atom. The van der Waals surface area contributed by atoms with Gasteiger partial charge in [0.15, 0.2) is 0 Å². The third-order valence-electron chi connectivity index (χ3n) is 6.70. The molecular weight excluding hydrogens is 582 g/mol. The highest BCUT2D eigenvalue weighted by molar-refractivity contribution is 5.96. The molecule has 4 rings (SSSR count). The van der Waals surface area contributed by atoms with Crippen LogP contribution in [0.3, 0.4) is 0 Å². The summed E-state index contributed by atoms with van der Waals surface area (Å²) in [7, 11) is 0. The van der Waals surface area contributed by atoms with E-state index < -0.39 is 73.0 Å². The summed E-state index contributed by atoms with van der Waals surface area (Å²) in [6.45, 7) is -0.355. The summed E-state index contributed by atoms with van der Waals surface area (Å²) in [5.41, 5.74) is 2.04. The second-order valence-electron chi connectivity index (χ2n) is 10.3. The Morgan fingerprint density at radius 3 is 0.956 bits per heavy atom. The molecule has 1 saturated heterocycles. The van der Waals surface area contributed by atoms with E-state index in [1.165, 1.54) is 0 Å². The number of hydrogen-bond donors (Lipinski definition) is 3. The van der Waals surface area contributed by atoms with Gasteiger partial charge in [-0.2, -0.15) is 0 Å². The molecule has 3 amide bonds. The second-order valence-corrected chi connectivity index (χ2v) is 10.3. The van der Waals surface area contributed by atoms with Crippen LogP contribution in [0.2, 0.25) is 0 Å². The van der Waals surface area contributed by atoms with Gasteiger partial charge < -0.3 is 30.2 Å². The van der Waals surface area contributed by atoms with Gasteiger partial charge in [0.2, 0.25) is 17.7 Å². The Bertz CT molecular complexity index is 1280. The maximum absolute atomic E-state index is 13.0. The zero-order valence-electron chi connectivity index (χ0n) is 24.3. The number of esters is 3. The van der Waals surface area contributed by atoms with Crippen molar-refractivity contribution in [1.82, 2.24) is 16.0 Å². The lowest BCUT2D eigenvalue weighted by atomic mass is 10.1. The molecular formula is C33H33N3O9. The lowest BCUT2D eigenvalue weighted by Gasteiger charge is -2.24. The number of hydrogen-bond acceptors (Lipinski definition) is 9. The standard InChI is InChI=1S/C33H33N3O9/c37-28-16-25(31(40)43-19-22-10-4-1-5-11-22)34-29(38)17-26(32(41)44-20-23-12-6-2-7-13-23)36-30(39)18-27(35-28)33(42)45-21-24-14-8-3-9-15-24/h1-15,25-27H,16-21H2,(H,34,38)(H,35,37)(H,36,39)/t25-,26-,27-/m0/s1. The summed E-state index contributed by atoms with van der Waals surface area (Å²) < 4.78 is 16.0. The van der Waals surface area contributed by atoms with Crippen molar-refractivity contribution in [3.05, 3.63) is 108 Å². The molecule has 12 heteroatoms. The molecule has 234 valence electrons. The largest absolute Gasteiger partial charge is 0.459 e. The van der Waals surface area contributed by atoms with Gasteiger partial charge in [0.1, 0.15) is 37.9 Å². The number of amides is 3. The van der Waals surface area contributed by atoms with Crippen molar-refractivity contribution < 1.29 is 43.0 Å². The van der Waals surface area contributed by atoms with E-state index in [0.29, 0.717) is 16.7 Å². The number of benzene rings is 3. The molecule has 0 saturated carbocycles. The van der Waals surface area contributed by atoms with Crippen LogP contribution in [0.25, 0.3) is 0 Å². The van der Waals surface area contributed by atoms with Crippen LogP contribution in [0.5, 0.6) is 0 Å². The molecule has 0 spiro atoms. The molecule has 3 aromatic carbocycles. The van der Waals surface area contributed by atoms with Crippen molar-refractivity contribution in [3.8, 4) is 0 Å². The molecule has 12 nitrogen and oxygen atoms in total. The summed E-state index contributed by atoms with van der Waals surface area (Å²) in [5.74, 6) is -5.16. The van der Waals surface area contributed by atoms with Crippen molar-refractivity contribution in [2.24, 2.45) is 0 Å². The van der Waals surface area contributed by atoms with Crippen LogP contribution >= 0.6 is 0 Å². The molecule has 0 radical (unpaired) electrons. The monoisotopic (exact) mass is 615 g/mol. The number of nitrogens with one attached hydrogen (secondary N) is 3. The van der Waals surface area contributed by atoms with Gasteiger partial charge >= 0.3 is 17.9 Å². The molecule has 0 bridgehead atoms. The maximum Gasteiger partial charge on any atom is 0.329 e. The van der Waals surface area contributed by atoms with Crippen LogP contribution in [0.1, 0.15) is 36.0 Å². The van der Waals surface area contributed by atoms with E-state index in [4.69, 9.17) is 14.2 Å². The highest BCUT2D eigenvalue weighted by atomic mass is 16.5. The summed E-state index contributed by atoms with van der Waals surface area (Å²) in [6.07, 6.45) is -1.81. The fourth-order valence-corrected chi connectivity index (χ4v) is 4.38. The highest BCUT2D eigenvalue weighted by Gasteiger charge is 2.34. The van der Waals surface area contributed by atoms with Crippen LogP contribution in [-0.2, 0) is 62.8 Å². The number of ether oxygens (including phenoxy) is 3. The van der Waals surface area contributed by atoms with E-state index >= 15 is 0 Å². The molecule has 3 atom stereocenters. The molecule has 1 aliphatic heterocycles. The zero-order valence-corrected chi connectivity index (χ0v) is 24.3. The Balaban J connectivity index is 1.51. The van der Waals surface area contributed by atoms with Crippen LogP contribution in [0, 0.1) is 0 Å². The van der Waals surface area contributed by atoms with Crippen molar-refractivity contribution in [1.29, 1.82) is 0 Å². The molecule has 0 unspecified atom stereocenters. The van der Waals surface area contributed by atoms with E-state index in [2.05, 4.69) is 16.0 Å². The predicted molar refractivity (Wildman–Crippen MR) is 158 cm³/mol. The zero-order chi connectivity index (χ0) is 32.0. The van der Waals surface area contributed by atoms with Crippen molar-refractivity contribution in [2.75, 3.05) is 0 Å². The van der Waals surface area contributed by atoms with E-state index in [1.807, 2.05) is 0 Å². The Morgan fingerprint density at radius 1 is 0.467 bits per heavy atom. The third-order valence-corrected chi connectivity index (χ3v) is 6.70. The smallest absolute Gasteiger partial charge is 0.329 e. The quantitative estimate of drug-likeness (QED) is 0.241. The third kappa shape index (κ3) is 10.6. The first-order valence-corrected chi connectivity index (χ1v) is 14.3. The first-order valence-electron chi connectivity index (χ1n) is 14.3. The molecule has 1 fully saturated rings. The molecule has 0 aliphatic carbocycles. The minimum absolute atomic E-state index is 0.118. The summed E-state index contributed by atoms with van der Waals surface area (Å²) in [5, 5.41) is 7.25. The van der Waals surface area contributed by atoms with Crippen LogP contribution in [0.4, 0.5) is 0 Å². The molecule has 3 N–H and O–H groups in total. The Hall–Kier alpha value is -5.52. The average molecular weight is 616 g/mol.